The Balaban J connectivity index is 1.51. The van der Waals surface area contributed by atoms with E-state index >= 15 is 0 Å². The molecule has 2 aromatic carbocycles. The quantitative estimate of drug-likeness (QED) is 0.875. The van der Waals surface area contributed by atoms with Gasteiger partial charge in [-0.25, -0.2) is 0 Å². The zero-order valence-corrected chi connectivity index (χ0v) is 14.9. The number of nitrogens with zero attached hydrogens (tertiary/aromatic N) is 2. The Labute approximate surface area is 149 Å². The van der Waals surface area contributed by atoms with Crippen LogP contribution < -0.4 is 14.4 Å². The van der Waals surface area contributed by atoms with E-state index in [9.17, 15) is 5.11 Å². The van der Waals surface area contributed by atoms with E-state index in [0.717, 1.165) is 44.9 Å². The van der Waals surface area contributed by atoms with Crippen molar-refractivity contribution >= 4 is 5.69 Å². The largest absolute Gasteiger partial charge is 0.504 e. The first kappa shape index (κ1) is 17.4. The molecule has 0 unspecified atom stereocenters. The van der Waals surface area contributed by atoms with Crippen LogP contribution >= 0.6 is 0 Å². The zero-order chi connectivity index (χ0) is 17.6. The molecule has 1 aliphatic heterocycles. The first-order valence-electron chi connectivity index (χ1n) is 8.67. The Morgan fingerprint density at radius 1 is 0.960 bits per heavy atom. The number of anilines is 1. The van der Waals surface area contributed by atoms with E-state index in [0.29, 0.717) is 5.75 Å². The fraction of sp³-hybridized carbons (Fsp3) is 0.400. The normalized spacial score (nSPS) is 15.2. The van der Waals surface area contributed by atoms with Gasteiger partial charge in [0.25, 0.3) is 0 Å². The van der Waals surface area contributed by atoms with Gasteiger partial charge >= 0.3 is 0 Å². The number of methoxy groups -OCH3 is 2. The SMILES string of the molecule is COc1cccc(N2CCN(CCc3ccc(O)c(OC)c3)CC2)c1. The van der Waals surface area contributed by atoms with Crippen molar-refractivity contribution in [2.75, 3.05) is 51.8 Å². The van der Waals surface area contributed by atoms with Crippen LogP contribution in [0.1, 0.15) is 5.56 Å². The first-order chi connectivity index (χ1) is 12.2. The molecule has 0 aliphatic carbocycles. The number of phenols is 1. The van der Waals surface area contributed by atoms with E-state index in [1.807, 2.05) is 24.3 Å². The van der Waals surface area contributed by atoms with Crippen molar-refractivity contribution in [3.05, 3.63) is 48.0 Å². The minimum atomic E-state index is 0.193. The van der Waals surface area contributed by atoms with Gasteiger partial charge in [-0.1, -0.05) is 12.1 Å². The van der Waals surface area contributed by atoms with Crippen LogP contribution in [0.5, 0.6) is 17.2 Å². The maximum atomic E-state index is 9.68. The topological polar surface area (TPSA) is 45.2 Å². The second kappa shape index (κ2) is 8.12. The highest BCUT2D eigenvalue weighted by molar-refractivity contribution is 5.51. The highest BCUT2D eigenvalue weighted by Crippen LogP contribution is 2.26. The summed E-state index contributed by atoms with van der Waals surface area (Å²) in [5, 5.41) is 9.68. The van der Waals surface area contributed by atoms with E-state index in [4.69, 9.17) is 9.47 Å². The number of phenolic OH excluding ortho intramolecular Hbond substituents is 1. The Morgan fingerprint density at radius 3 is 2.48 bits per heavy atom. The predicted octanol–water partition coefficient (Wildman–Crippen LogP) is 2.77. The highest BCUT2D eigenvalue weighted by atomic mass is 16.5. The van der Waals surface area contributed by atoms with Gasteiger partial charge in [-0.2, -0.15) is 0 Å². The number of hydrogen-bond donors (Lipinski definition) is 1. The summed E-state index contributed by atoms with van der Waals surface area (Å²) < 4.78 is 10.5. The molecule has 0 bridgehead atoms. The minimum Gasteiger partial charge on any atom is -0.504 e. The van der Waals surface area contributed by atoms with E-state index in [1.165, 1.54) is 11.3 Å². The van der Waals surface area contributed by atoms with Gasteiger partial charge in [0, 0.05) is 44.5 Å². The third-order valence-corrected chi connectivity index (χ3v) is 4.75. The summed E-state index contributed by atoms with van der Waals surface area (Å²) in [6.07, 6.45) is 0.954. The summed E-state index contributed by atoms with van der Waals surface area (Å²) in [5.74, 6) is 1.64. The maximum Gasteiger partial charge on any atom is 0.160 e. The van der Waals surface area contributed by atoms with E-state index < -0.39 is 0 Å². The standard InChI is InChI=1S/C20H26N2O3/c1-24-18-5-3-4-17(15-18)22-12-10-21(11-13-22)9-8-16-6-7-19(23)20(14-16)25-2/h3-7,14-15,23H,8-13H2,1-2H3. The summed E-state index contributed by atoms with van der Waals surface area (Å²) in [7, 11) is 3.28. The van der Waals surface area contributed by atoms with Gasteiger partial charge < -0.3 is 19.5 Å². The summed E-state index contributed by atoms with van der Waals surface area (Å²) in [4.78, 5) is 4.89. The van der Waals surface area contributed by atoms with Crippen molar-refractivity contribution in [1.82, 2.24) is 4.90 Å². The molecular formula is C20H26N2O3. The molecule has 0 aromatic heterocycles. The molecule has 5 heteroatoms. The molecule has 1 saturated heterocycles. The maximum absolute atomic E-state index is 9.68. The Hall–Kier alpha value is -2.40. The van der Waals surface area contributed by atoms with E-state index in [-0.39, 0.29) is 5.75 Å². The van der Waals surface area contributed by atoms with Crippen molar-refractivity contribution < 1.29 is 14.6 Å². The third-order valence-electron chi connectivity index (χ3n) is 4.75. The van der Waals surface area contributed by atoms with Crippen molar-refractivity contribution in [2.24, 2.45) is 0 Å². The Morgan fingerprint density at radius 2 is 1.76 bits per heavy atom. The van der Waals surface area contributed by atoms with Crippen LogP contribution in [0.3, 0.4) is 0 Å². The lowest BCUT2D eigenvalue weighted by Crippen LogP contribution is -2.47. The van der Waals surface area contributed by atoms with Crippen LogP contribution in [0, 0.1) is 0 Å². The van der Waals surface area contributed by atoms with Gasteiger partial charge in [-0.05, 0) is 36.2 Å². The molecule has 0 radical (unpaired) electrons. The van der Waals surface area contributed by atoms with Crippen LogP contribution in [-0.2, 0) is 6.42 Å². The number of piperazine rings is 1. The predicted molar refractivity (Wildman–Crippen MR) is 100 cm³/mol. The molecule has 2 aromatic rings. The Bertz CT molecular complexity index is 697. The lowest BCUT2D eigenvalue weighted by Gasteiger charge is -2.36. The molecule has 134 valence electrons. The van der Waals surface area contributed by atoms with Crippen LogP contribution in [0.4, 0.5) is 5.69 Å². The fourth-order valence-electron chi connectivity index (χ4n) is 3.20. The highest BCUT2D eigenvalue weighted by Gasteiger charge is 2.17. The average molecular weight is 342 g/mol. The van der Waals surface area contributed by atoms with Crippen LogP contribution in [-0.4, -0.2) is 56.9 Å². The lowest BCUT2D eigenvalue weighted by atomic mass is 10.1. The molecule has 1 aliphatic rings. The molecule has 1 fully saturated rings. The molecule has 0 atom stereocenters. The number of hydrogen-bond acceptors (Lipinski definition) is 5. The van der Waals surface area contributed by atoms with Crippen molar-refractivity contribution in [2.45, 2.75) is 6.42 Å². The third kappa shape index (κ3) is 4.37. The molecule has 5 nitrogen and oxygen atoms in total. The number of benzene rings is 2. The van der Waals surface area contributed by atoms with Crippen LogP contribution in [0.25, 0.3) is 0 Å². The van der Waals surface area contributed by atoms with Crippen LogP contribution in [0.2, 0.25) is 0 Å². The van der Waals surface area contributed by atoms with Gasteiger partial charge in [0.05, 0.1) is 14.2 Å². The van der Waals surface area contributed by atoms with Crippen LogP contribution in [0.15, 0.2) is 42.5 Å². The molecule has 1 N–H and O–H groups in total. The molecule has 25 heavy (non-hydrogen) atoms. The van der Waals surface area contributed by atoms with Gasteiger partial charge in [0.2, 0.25) is 0 Å². The zero-order valence-electron chi connectivity index (χ0n) is 14.9. The van der Waals surface area contributed by atoms with Crippen molar-refractivity contribution in [3.63, 3.8) is 0 Å². The van der Waals surface area contributed by atoms with Gasteiger partial charge in [-0.15, -0.1) is 0 Å². The second-order valence-electron chi connectivity index (χ2n) is 6.29. The minimum absolute atomic E-state index is 0.193. The molecular weight excluding hydrogens is 316 g/mol. The number of rotatable bonds is 6. The van der Waals surface area contributed by atoms with E-state index in [2.05, 4.69) is 21.9 Å². The second-order valence-corrected chi connectivity index (χ2v) is 6.29. The summed E-state index contributed by atoms with van der Waals surface area (Å²) in [6, 6.07) is 13.8. The van der Waals surface area contributed by atoms with Crippen molar-refractivity contribution in [1.29, 1.82) is 0 Å². The Kier molecular flexibility index (Phi) is 5.66. The monoisotopic (exact) mass is 342 g/mol. The molecule has 1 heterocycles. The average Bonchev–Trinajstić information content (AvgIpc) is 2.68. The number of ether oxygens (including phenoxy) is 2. The van der Waals surface area contributed by atoms with Gasteiger partial charge in [-0.3, -0.25) is 4.90 Å². The number of aromatic hydroxyl groups is 1. The molecule has 0 spiro atoms. The molecule has 3 rings (SSSR count). The smallest absolute Gasteiger partial charge is 0.160 e. The summed E-state index contributed by atoms with van der Waals surface area (Å²) >= 11 is 0. The van der Waals surface area contributed by atoms with Crippen molar-refractivity contribution in [3.8, 4) is 17.2 Å². The van der Waals surface area contributed by atoms with E-state index in [1.54, 1.807) is 20.3 Å². The summed E-state index contributed by atoms with van der Waals surface area (Å²) in [5.41, 5.74) is 2.41. The molecule has 0 amide bonds. The lowest BCUT2D eigenvalue weighted by molar-refractivity contribution is 0.261. The molecule has 0 saturated carbocycles. The van der Waals surface area contributed by atoms with Gasteiger partial charge in [0.15, 0.2) is 11.5 Å². The first-order valence-corrected chi connectivity index (χ1v) is 8.67. The van der Waals surface area contributed by atoms with Gasteiger partial charge in [0.1, 0.15) is 5.75 Å². The summed E-state index contributed by atoms with van der Waals surface area (Å²) in [6.45, 7) is 5.15. The fourth-order valence-corrected chi connectivity index (χ4v) is 3.20.